The molecule has 0 bridgehead atoms. The van der Waals surface area contributed by atoms with Gasteiger partial charge in [0.25, 0.3) is 0 Å². The molecule has 0 aromatic heterocycles. The van der Waals surface area contributed by atoms with Crippen LogP contribution in [0.4, 0.5) is 0 Å². The van der Waals surface area contributed by atoms with Crippen LogP contribution in [0.15, 0.2) is 12.7 Å². The Morgan fingerprint density at radius 3 is 2.59 bits per heavy atom. The van der Waals surface area contributed by atoms with Gasteiger partial charge in [0, 0.05) is 26.1 Å². The maximum Gasteiger partial charge on any atom is 0.312 e. The summed E-state index contributed by atoms with van der Waals surface area (Å²) in [5.74, 6) is -1.46. The molecule has 2 amide bonds. The van der Waals surface area contributed by atoms with E-state index in [0.717, 1.165) is 45.2 Å². The molecule has 2 atom stereocenters. The normalized spacial score (nSPS) is 21.6. The first-order valence-electron chi connectivity index (χ1n) is 9.62. The minimum atomic E-state index is -1.00. The molecule has 0 aromatic carbocycles. The molecular formula is C19H32ClN3O4. The molecule has 27 heavy (non-hydrogen) atoms. The molecule has 7 nitrogen and oxygen atoms in total. The molecule has 0 saturated carbocycles. The van der Waals surface area contributed by atoms with Crippen LogP contribution in [0, 0.1) is 17.8 Å². The lowest BCUT2D eigenvalue weighted by molar-refractivity contribution is -0.140. The molecule has 2 rings (SSSR count). The number of piperidine rings is 2. The summed E-state index contributed by atoms with van der Waals surface area (Å²) in [6, 6.07) is 0. The average molecular weight is 402 g/mol. The molecule has 0 radical (unpaired) electrons. The molecule has 2 saturated heterocycles. The number of aliphatic carboxylic acids is 1. The first-order chi connectivity index (χ1) is 12.5. The highest BCUT2D eigenvalue weighted by Gasteiger charge is 2.29. The van der Waals surface area contributed by atoms with Crippen LogP contribution in [0.1, 0.15) is 38.5 Å². The molecule has 0 aliphatic carbocycles. The number of nitrogens with zero attached hydrogens (tertiary/aromatic N) is 1. The minimum Gasteiger partial charge on any atom is -0.481 e. The van der Waals surface area contributed by atoms with Crippen LogP contribution < -0.4 is 10.6 Å². The van der Waals surface area contributed by atoms with E-state index >= 15 is 0 Å². The van der Waals surface area contributed by atoms with Crippen LogP contribution in [-0.2, 0) is 14.4 Å². The van der Waals surface area contributed by atoms with Gasteiger partial charge >= 0.3 is 5.97 Å². The van der Waals surface area contributed by atoms with Crippen LogP contribution >= 0.6 is 12.4 Å². The van der Waals surface area contributed by atoms with Gasteiger partial charge in [0.05, 0.1) is 11.8 Å². The van der Waals surface area contributed by atoms with Crippen LogP contribution in [-0.4, -0.2) is 60.5 Å². The van der Waals surface area contributed by atoms with Gasteiger partial charge in [0.2, 0.25) is 11.8 Å². The zero-order chi connectivity index (χ0) is 18.9. The second kappa shape index (κ2) is 12.0. The molecule has 2 fully saturated rings. The monoisotopic (exact) mass is 401 g/mol. The highest BCUT2D eigenvalue weighted by atomic mass is 35.5. The van der Waals surface area contributed by atoms with Crippen molar-refractivity contribution in [3.8, 4) is 0 Å². The molecule has 3 N–H and O–H groups in total. The summed E-state index contributed by atoms with van der Waals surface area (Å²) >= 11 is 0. The first-order valence-corrected chi connectivity index (χ1v) is 9.62. The quantitative estimate of drug-likeness (QED) is 0.534. The Balaban J connectivity index is 0.00000364. The third-order valence-corrected chi connectivity index (χ3v) is 5.47. The van der Waals surface area contributed by atoms with Crippen molar-refractivity contribution >= 4 is 30.2 Å². The zero-order valence-corrected chi connectivity index (χ0v) is 16.6. The Morgan fingerprint density at radius 2 is 1.96 bits per heavy atom. The van der Waals surface area contributed by atoms with E-state index in [0.29, 0.717) is 25.4 Å². The van der Waals surface area contributed by atoms with Gasteiger partial charge < -0.3 is 20.6 Å². The highest BCUT2D eigenvalue weighted by molar-refractivity contribution is 5.85. The number of amides is 2. The third-order valence-electron chi connectivity index (χ3n) is 5.47. The summed E-state index contributed by atoms with van der Waals surface area (Å²) in [4.78, 5) is 37.6. The van der Waals surface area contributed by atoms with Gasteiger partial charge in [0.1, 0.15) is 0 Å². The van der Waals surface area contributed by atoms with Crippen molar-refractivity contribution < 1.29 is 19.5 Å². The summed E-state index contributed by atoms with van der Waals surface area (Å²) in [7, 11) is 0. The minimum absolute atomic E-state index is 0. The maximum atomic E-state index is 12.5. The van der Waals surface area contributed by atoms with Crippen molar-refractivity contribution in [3.05, 3.63) is 12.7 Å². The predicted molar refractivity (Wildman–Crippen MR) is 106 cm³/mol. The molecule has 0 unspecified atom stereocenters. The summed E-state index contributed by atoms with van der Waals surface area (Å²) < 4.78 is 0. The number of halogens is 1. The van der Waals surface area contributed by atoms with E-state index < -0.39 is 11.9 Å². The molecule has 0 aromatic rings. The predicted octanol–water partition coefficient (Wildman–Crippen LogP) is 1.43. The Hall–Kier alpha value is -1.60. The average Bonchev–Trinajstić information content (AvgIpc) is 2.67. The summed E-state index contributed by atoms with van der Waals surface area (Å²) in [5, 5.41) is 15.0. The number of rotatable bonds is 8. The first kappa shape index (κ1) is 23.4. The van der Waals surface area contributed by atoms with Gasteiger partial charge in [-0.2, -0.15) is 0 Å². The zero-order valence-electron chi connectivity index (χ0n) is 15.8. The van der Waals surface area contributed by atoms with Crippen molar-refractivity contribution in [2.75, 3.05) is 32.7 Å². The molecule has 0 spiro atoms. The Kier molecular flexibility index (Phi) is 10.4. The number of nitrogens with one attached hydrogen (secondary N) is 2. The van der Waals surface area contributed by atoms with Crippen molar-refractivity contribution in [2.24, 2.45) is 17.8 Å². The summed E-state index contributed by atoms with van der Waals surface area (Å²) in [6.07, 6.45) is 6.60. The Morgan fingerprint density at radius 1 is 1.26 bits per heavy atom. The molecular weight excluding hydrogens is 370 g/mol. The van der Waals surface area contributed by atoms with E-state index in [-0.39, 0.29) is 36.7 Å². The van der Waals surface area contributed by atoms with E-state index in [2.05, 4.69) is 17.2 Å². The van der Waals surface area contributed by atoms with Crippen molar-refractivity contribution in [3.63, 3.8) is 0 Å². The van der Waals surface area contributed by atoms with E-state index in [1.54, 1.807) is 4.90 Å². The third kappa shape index (κ3) is 7.50. The number of likely N-dealkylation sites (tertiary alicyclic amines) is 1. The van der Waals surface area contributed by atoms with Crippen LogP contribution in [0.2, 0.25) is 0 Å². The largest absolute Gasteiger partial charge is 0.481 e. The van der Waals surface area contributed by atoms with Gasteiger partial charge in [-0.25, -0.2) is 0 Å². The highest BCUT2D eigenvalue weighted by Crippen LogP contribution is 2.21. The smallest absolute Gasteiger partial charge is 0.312 e. The van der Waals surface area contributed by atoms with Crippen LogP contribution in [0.3, 0.4) is 0 Å². The Labute approximate surface area is 167 Å². The lowest BCUT2D eigenvalue weighted by Crippen LogP contribution is -2.46. The van der Waals surface area contributed by atoms with Gasteiger partial charge in [-0.15, -0.1) is 19.0 Å². The van der Waals surface area contributed by atoms with Crippen LogP contribution in [0.25, 0.3) is 0 Å². The second-order valence-electron chi connectivity index (χ2n) is 7.34. The second-order valence-corrected chi connectivity index (χ2v) is 7.34. The number of carbonyl (C=O) groups is 3. The lowest BCUT2D eigenvalue weighted by Gasteiger charge is -2.33. The lowest BCUT2D eigenvalue weighted by atomic mass is 9.92. The fraction of sp³-hybridized carbons (Fsp3) is 0.737. The number of carbonyl (C=O) groups excluding carboxylic acids is 2. The molecule has 2 aliphatic heterocycles. The number of hydrogen-bond acceptors (Lipinski definition) is 4. The van der Waals surface area contributed by atoms with E-state index in [1.807, 2.05) is 0 Å². The van der Waals surface area contributed by atoms with Gasteiger partial charge in [0.15, 0.2) is 0 Å². The van der Waals surface area contributed by atoms with Crippen molar-refractivity contribution in [2.45, 2.75) is 38.5 Å². The fourth-order valence-electron chi connectivity index (χ4n) is 3.70. The maximum absolute atomic E-state index is 12.5. The topological polar surface area (TPSA) is 98.7 Å². The van der Waals surface area contributed by atoms with Gasteiger partial charge in [-0.05, 0) is 51.1 Å². The van der Waals surface area contributed by atoms with Crippen LogP contribution in [0.5, 0.6) is 0 Å². The fourth-order valence-corrected chi connectivity index (χ4v) is 3.70. The molecule has 2 heterocycles. The number of hydrogen-bond donors (Lipinski definition) is 3. The van der Waals surface area contributed by atoms with Gasteiger partial charge in [-0.1, -0.05) is 6.08 Å². The van der Waals surface area contributed by atoms with Crippen molar-refractivity contribution in [1.29, 1.82) is 0 Å². The Bertz CT molecular complexity index is 523. The molecule has 154 valence electrons. The summed E-state index contributed by atoms with van der Waals surface area (Å²) in [5.41, 5.74) is 0. The number of carboxylic acids is 1. The van der Waals surface area contributed by atoms with E-state index in [1.165, 1.54) is 6.08 Å². The molecule has 2 aliphatic rings. The standard InChI is InChI=1S/C19H31N3O4.ClH/c1-2-15(19(25)26)12-21-18(24)16-4-3-11-22(13-16)17(23)6-5-14-7-9-20-10-8-14;/h2,14-16,20H,1,3-13H2,(H,21,24)(H,25,26);1H/t15-,16+;/m0./s1. The van der Waals surface area contributed by atoms with Gasteiger partial charge in [-0.3, -0.25) is 14.4 Å². The number of carboxylic acid groups (broad SMARTS) is 1. The van der Waals surface area contributed by atoms with E-state index in [4.69, 9.17) is 5.11 Å². The molecule has 8 heteroatoms. The van der Waals surface area contributed by atoms with E-state index in [9.17, 15) is 14.4 Å². The van der Waals surface area contributed by atoms with Crippen molar-refractivity contribution in [1.82, 2.24) is 15.5 Å². The summed E-state index contributed by atoms with van der Waals surface area (Å²) in [6.45, 7) is 6.73. The SMILES string of the molecule is C=C[C@@H](CNC(=O)[C@@H]1CCCN(C(=O)CCC2CCNCC2)C1)C(=O)O.Cl.